The van der Waals surface area contributed by atoms with E-state index in [2.05, 4.69) is 0 Å². The third-order valence-electron chi connectivity index (χ3n) is 6.13. The van der Waals surface area contributed by atoms with Crippen LogP contribution in [0.2, 0.25) is 0 Å². The molecule has 0 aromatic carbocycles. The molecule has 1 aliphatic heterocycles. The lowest BCUT2D eigenvalue weighted by atomic mass is 9.78. The van der Waals surface area contributed by atoms with Gasteiger partial charge in [-0.1, -0.05) is 26.8 Å². The molecule has 7 unspecified atom stereocenters. The van der Waals surface area contributed by atoms with Gasteiger partial charge in [0, 0.05) is 24.8 Å². The van der Waals surface area contributed by atoms with Crippen LogP contribution < -0.4 is 0 Å². The van der Waals surface area contributed by atoms with Crippen molar-refractivity contribution in [2.75, 3.05) is 0 Å². The Balaban J connectivity index is 2.27. The fourth-order valence-electron chi connectivity index (χ4n) is 4.15. The molecule has 1 N–H and O–H groups in total. The second kappa shape index (κ2) is 9.74. The maximum Gasteiger partial charge on any atom is 0.334 e. The highest BCUT2D eigenvalue weighted by Gasteiger charge is 2.44. The number of aliphatic hydroxyl groups excluding tert-OH is 1. The zero-order valence-electron chi connectivity index (χ0n) is 18.2. The van der Waals surface area contributed by atoms with Gasteiger partial charge in [-0.3, -0.25) is 9.59 Å². The Morgan fingerprint density at radius 1 is 1.24 bits per heavy atom. The highest BCUT2D eigenvalue weighted by Crippen LogP contribution is 2.38. The van der Waals surface area contributed by atoms with Crippen molar-refractivity contribution >= 4 is 17.9 Å². The summed E-state index contributed by atoms with van der Waals surface area (Å²) in [7, 11) is 0. The zero-order valence-corrected chi connectivity index (χ0v) is 18.2. The molecule has 2 bridgehead atoms. The smallest absolute Gasteiger partial charge is 0.334 e. The van der Waals surface area contributed by atoms with Gasteiger partial charge in [-0.05, 0) is 38.5 Å². The molecule has 0 amide bonds. The third kappa shape index (κ3) is 5.81. The molecule has 2 aliphatic rings. The van der Waals surface area contributed by atoms with E-state index in [-0.39, 0.29) is 29.8 Å². The monoisotopic (exact) mass is 410 g/mol. The fourth-order valence-corrected chi connectivity index (χ4v) is 4.15. The summed E-state index contributed by atoms with van der Waals surface area (Å²) in [6, 6.07) is 0. The van der Waals surface area contributed by atoms with E-state index in [0.29, 0.717) is 24.8 Å². The zero-order chi connectivity index (χ0) is 21.9. The van der Waals surface area contributed by atoms with Crippen molar-refractivity contribution in [3.8, 4) is 0 Å². The van der Waals surface area contributed by atoms with E-state index in [1.807, 2.05) is 20.8 Å². The predicted molar refractivity (Wildman–Crippen MR) is 106 cm³/mol. The SMILES string of the molecule is CC(=O)OC(C)C(C)C(=O)OC1CC(C)C(O)CC=C2CC(OC2=O)C1C(C)C. The van der Waals surface area contributed by atoms with E-state index in [1.54, 1.807) is 19.9 Å². The normalized spacial score (nSPS) is 32.1. The van der Waals surface area contributed by atoms with Gasteiger partial charge in [-0.15, -0.1) is 0 Å². The number of carbonyl (C=O) groups excluding carboxylic acids is 3. The van der Waals surface area contributed by atoms with Crippen LogP contribution in [-0.2, 0) is 28.6 Å². The summed E-state index contributed by atoms with van der Waals surface area (Å²) in [4.78, 5) is 36.3. The summed E-state index contributed by atoms with van der Waals surface area (Å²) >= 11 is 0. The molecular formula is C22H34O7. The standard InChI is InChI=1S/C22H34O7/c1-11(2)20-18(28-21(25)13(4)14(5)27-15(6)23)9-12(3)17(24)8-7-16-10-19(20)29-22(16)26/h7,11-14,17-20,24H,8-10H2,1-6H3. The lowest BCUT2D eigenvalue weighted by Crippen LogP contribution is -2.42. The Kier molecular flexibility index (Phi) is 7.86. The molecule has 1 aliphatic carbocycles. The molecule has 0 saturated carbocycles. The molecule has 29 heavy (non-hydrogen) atoms. The van der Waals surface area contributed by atoms with Crippen molar-refractivity contribution in [3.05, 3.63) is 11.6 Å². The first-order chi connectivity index (χ1) is 13.5. The lowest BCUT2D eigenvalue weighted by Gasteiger charge is -2.36. The molecule has 1 saturated heterocycles. The second-order valence-corrected chi connectivity index (χ2v) is 8.79. The van der Waals surface area contributed by atoms with Gasteiger partial charge in [0.25, 0.3) is 0 Å². The van der Waals surface area contributed by atoms with Gasteiger partial charge in [0.2, 0.25) is 0 Å². The average molecular weight is 411 g/mol. The number of hydrogen-bond acceptors (Lipinski definition) is 7. The Morgan fingerprint density at radius 3 is 2.48 bits per heavy atom. The number of fused-ring (bicyclic) bond motifs is 2. The summed E-state index contributed by atoms with van der Waals surface area (Å²) in [5.41, 5.74) is 0.579. The molecule has 2 rings (SSSR count). The van der Waals surface area contributed by atoms with Crippen molar-refractivity contribution in [3.63, 3.8) is 0 Å². The van der Waals surface area contributed by atoms with Gasteiger partial charge in [-0.25, -0.2) is 4.79 Å². The van der Waals surface area contributed by atoms with Crippen LogP contribution in [0, 0.1) is 23.7 Å². The van der Waals surface area contributed by atoms with Gasteiger partial charge >= 0.3 is 17.9 Å². The van der Waals surface area contributed by atoms with Crippen LogP contribution in [0.3, 0.4) is 0 Å². The first-order valence-corrected chi connectivity index (χ1v) is 10.5. The fraction of sp³-hybridized carbons (Fsp3) is 0.773. The number of aliphatic hydroxyl groups is 1. The van der Waals surface area contributed by atoms with Crippen LogP contribution in [-0.4, -0.2) is 47.4 Å². The molecule has 1 heterocycles. The molecular weight excluding hydrogens is 376 g/mol. The van der Waals surface area contributed by atoms with E-state index < -0.39 is 36.2 Å². The number of ether oxygens (including phenoxy) is 3. The topological polar surface area (TPSA) is 99.1 Å². The van der Waals surface area contributed by atoms with Crippen molar-refractivity contribution in [1.82, 2.24) is 0 Å². The molecule has 7 heteroatoms. The predicted octanol–water partition coefficient (Wildman–Crippen LogP) is 2.79. The summed E-state index contributed by atoms with van der Waals surface area (Å²) in [5.74, 6) is -2.14. The molecule has 0 radical (unpaired) electrons. The third-order valence-corrected chi connectivity index (χ3v) is 6.13. The average Bonchev–Trinajstić information content (AvgIpc) is 2.96. The van der Waals surface area contributed by atoms with Crippen molar-refractivity contribution in [2.24, 2.45) is 23.7 Å². The Bertz CT molecular complexity index is 654. The second-order valence-electron chi connectivity index (χ2n) is 8.79. The van der Waals surface area contributed by atoms with Crippen LogP contribution in [0.15, 0.2) is 11.6 Å². The molecule has 0 aromatic rings. The Morgan fingerprint density at radius 2 is 1.90 bits per heavy atom. The van der Waals surface area contributed by atoms with Gasteiger partial charge in [-0.2, -0.15) is 0 Å². The molecule has 0 spiro atoms. The minimum Gasteiger partial charge on any atom is -0.462 e. The number of hydrogen-bond donors (Lipinski definition) is 1. The first kappa shape index (κ1) is 23.4. The van der Waals surface area contributed by atoms with Crippen molar-refractivity contribution < 1.29 is 33.7 Å². The van der Waals surface area contributed by atoms with Crippen LogP contribution in [0.5, 0.6) is 0 Å². The Labute approximate surface area is 172 Å². The van der Waals surface area contributed by atoms with Crippen LogP contribution in [0.25, 0.3) is 0 Å². The number of carbonyl (C=O) groups is 3. The number of esters is 3. The lowest BCUT2D eigenvalue weighted by molar-refractivity contribution is -0.170. The van der Waals surface area contributed by atoms with Crippen LogP contribution in [0.1, 0.15) is 60.8 Å². The summed E-state index contributed by atoms with van der Waals surface area (Å²) in [6.07, 6.45) is 0.918. The van der Waals surface area contributed by atoms with Crippen LogP contribution in [0.4, 0.5) is 0 Å². The maximum atomic E-state index is 12.8. The highest BCUT2D eigenvalue weighted by atomic mass is 16.6. The summed E-state index contributed by atoms with van der Waals surface area (Å²) < 4.78 is 16.7. The van der Waals surface area contributed by atoms with E-state index in [0.717, 1.165) is 0 Å². The van der Waals surface area contributed by atoms with Gasteiger partial charge < -0.3 is 19.3 Å². The molecule has 7 nitrogen and oxygen atoms in total. The Hall–Kier alpha value is -1.89. The van der Waals surface area contributed by atoms with E-state index in [1.165, 1.54) is 6.92 Å². The van der Waals surface area contributed by atoms with Crippen LogP contribution >= 0.6 is 0 Å². The van der Waals surface area contributed by atoms with Crippen molar-refractivity contribution in [2.45, 2.75) is 85.2 Å². The van der Waals surface area contributed by atoms with Gasteiger partial charge in [0.1, 0.15) is 18.3 Å². The van der Waals surface area contributed by atoms with Gasteiger partial charge in [0.15, 0.2) is 0 Å². The minimum atomic E-state index is -0.640. The first-order valence-electron chi connectivity index (χ1n) is 10.5. The van der Waals surface area contributed by atoms with E-state index in [4.69, 9.17) is 14.2 Å². The summed E-state index contributed by atoms with van der Waals surface area (Å²) in [6.45, 7) is 10.6. The highest BCUT2D eigenvalue weighted by molar-refractivity contribution is 5.90. The van der Waals surface area contributed by atoms with Crippen molar-refractivity contribution in [1.29, 1.82) is 0 Å². The largest absolute Gasteiger partial charge is 0.462 e. The number of rotatable bonds is 5. The molecule has 1 fully saturated rings. The molecule has 0 aromatic heterocycles. The quantitative estimate of drug-likeness (QED) is 0.549. The summed E-state index contributed by atoms with van der Waals surface area (Å²) in [5, 5.41) is 10.5. The molecule has 7 atom stereocenters. The molecule has 164 valence electrons. The van der Waals surface area contributed by atoms with E-state index >= 15 is 0 Å². The van der Waals surface area contributed by atoms with Gasteiger partial charge in [0.05, 0.1) is 12.0 Å². The maximum absolute atomic E-state index is 12.8. The van der Waals surface area contributed by atoms with E-state index in [9.17, 15) is 19.5 Å². The minimum absolute atomic E-state index is 0.0925.